The Morgan fingerprint density at radius 3 is 2.54 bits per heavy atom. The van der Waals surface area contributed by atoms with E-state index in [-0.39, 0.29) is 0 Å². The number of nitrogens with one attached hydrogen (secondary N) is 1. The van der Waals surface area contributed by atoms with Gasteiger partial charge in [0, 0.05) is 42.5 Å². The van der Waals surface area contributed by atoms with Gasteiger partial charge in [0.15, 0.2) is 0 Å². The summed E-state index contributed by atoms with van der Waals surface area (Å²) in [6, 6.07) is 21.7. The van der Waals surface area contributed by atoms with E-state index in [4.69, 9.17) is 0 Å². The number of hydrogen-bond donors (Lipinski definition) is 1. The van der Waals surface area contributed by atoms with Crippen molar-refractivity contribution in [1.82, 2.24) is 4.98 Å². The van der Waals surface area contributed by atoms with E-state index in [1.165, 1.54) is 52.4 Å². The van der Waals surface area contributed by atoms with Crippen molar-refractivity contribution < 1.29 is 4.57 Å². The number of piperidine rings is 1. The Labute approximate surface area is 165 Å². The Hall–Kier alpha value is -3.07. The van der Waals surface area contributed by atoms with Gasteiger partial charge in [0.25, 0.3) is 0 Å². The fourth-order valence-electron chi connectivity index (χ4n) is 4.35. The van der Waals surface area contributed by atoms with E-state index in [0.29, 0.717) is 0 Å². The Morgan fingerprint density at radius 1 is 0.893 bits per heavy atom. The van der Waals surface area contributed by atoms with Crippen LogP contribution in [0.15, 0.2) is 60.7 Å². The van der Waals surface area contributed by atoms with Gasteiger partial charge in [-0.1, -0.05) is 30.3 Å². The number of aromatic amines is 1. The molecule has 4 aromatic rings. The van der Waals surface area contributed by atoms with Crippen molar-refractivity contribution in [1.29, 1.82) is 0 Å². The molecule has 0 radical (unpaired) electrons. The first kappa shape index (κ1) is 17.1. The zero-order chi connectivity index (χ0) is 18.9. The summed E-state index contributed by atoms with van der Waals surface area (Å²) in [5, 5.41) is 2.59. The first-order chi connectivity index (χ1) is 13.8. The third-order valence-corrected chi connectivity index (χ3v) is 5.89. The van der Waals surface area contributed by atoms with Gasteiger partial charge in [0.05, 0.1) is 11.1 Å². The van der Waals surface area contributed by atoms with E-state index in [9.17, 15) is 0 Å². The van der Waals surface area contributed by atoms with Gasteiger partial charge < -0.3 is 9.88 Å². The summed E-state index contributed by atoms with van der Waals surface area (Å²) in [7, 11) is 2.16. The zero-order valence-electron chi connectivity index (χ0n) is 16.4. The van der Waals surface area contributed by atoms with Crippen molar-refractivity contribution in [2.24, 2.45) is 7.05 Å². The van der Waals surface area contributed by atoms with Gasteiger partial charge >= 0.3 is 0 Å². The lowest BCUT2D eigenvalue weighted by Gasteiger charge is -2.29. The third kappa shape index (κ3) is 3.07. The minimum atomic E-state index is 1.13. The van der Waals surface area contributed by atoms with Crippen LogP contribution in [-0.2, 0) is 7.05 Å². The maximum absolute atomic E-state index is 3.49. The van der Waals surface area contributed by atoms with E-state index >= 15 is 0 Å². The van der Waals surface area contributed by atoms with Gasteiger partial charge in [-0.05, 0) is 48.9 Å². The molecule has 0 amide bonds. The second-order valence-corrected chi connectivity index (χ2v) is 7.72. The van der Waals surface area contributed by atoms with Gasteiger partial charge in [-0.2, -0.15) is 4.57 Å². The predicted molar refractivity (Wildman–Crippen MR) is 118 cm³/mol. The molecule has 2 aromatic heterocycles. The molecule has 3 nitrogen and oxygen atoms in total. The highest BCUT2D eigenvalue weighted by atomic mass is 15.1. The lowest BCUT2D eigenvalue weighted by atomic mass is 10.1. The average molecular weight is 369 g/mol. The van der Waals surface area contributed by atoms with Crippen LogP contribution in [0.4, 0.5) is 5.69 Å². The molecule has 0 bridgehead atoms. The Bertz CT molecular complexity index is 1130. The Morgan fingerprint density at radius 2 is 1.68 bits per heavy atom. The first-order valence-electron chi connectivity index (χ1n) is 10.2. The average Bonchev–Trinajstić information content (AvgIpc) is 3.17. The summed E-state index contributed by atoms with van der Waals surface area (Å²) < 4.78 is 2.29. The Kier molecular flexibility index (Phi) is 4.36. The molecule has 0 saturated carbocycles. The maximum atomic E-state index is 3.49. The largest absolute Gasteiger partial charge is 0.371 e. The number of rotatable bonds is 3. The molecule has 1 N–H and O–H groups in total. The molecule has 5 rings (SSSR count). The van der Waals surface area contributed by atoms with Crippen molar-refractivity contribution in [3.63, 3.8) is 0 Å². The summed E-state index contributed by atoms with van der Waals surface area (Å²) >= 11 is 0. The maximum Gasteiger partial charge on any atom is 0.214 e. The van der Waals surface area contributed by atoms with Gasteiger partial charge in [-0.15, -0.1) is 0 Å². The molecule has 1 saturated heterocycles. The van der Waals surface area contributed by atoms with Crippen molar-refractivity contribution in [2.45, 2.75) is 19.3 Å². The quantitative estimate of drug-likeness (QED) is 0.487. The summed E-state index contributed by atoms with van der Waals surface area (Å²) in [5.74, 6) is 0. The number of fused-ring (bicyclic) bond motifs is 2. The number of anilines is 1. The Balaban J connectivity index is 1.59. The minimum Gasteiger partial charge on any atom is -0.371 e. The normalized spacial score (nSPS) is 15.1. The highest BCUT2D eigenvalue weighted by molar-refractivity contribution is 5.91. The smallest absolute Gasteiger partial charge is 0.214 e. The van der Waals surface area contributed by atoms with Crippen LogP contribution in [0.2, 0.25) is 0 Å². The zero-order valence-corrected chi connectivity index (χ0v) is 16.4. The van der Waals surface area contributed by atoms with E-state index in [1.54, 1.807) is 0 Å². The van der Waals surface area contributed by atoms with Gasteiger partial charge in [0.1, 0.15) is 7.05 Å². The van der Waals surface area contributed by atoms with E-state index in [2.05, 4.69) is 94.3 Å². The number of H-pyrrole nitrogens is 1. The highest BCUT2D eigenvalue weighted by Crippen LogP contribution is 2.29. The monoisotopic (exact) mass is 368 g/mol. The van der Waals surface area contributed by atoms with Crippen LogP contribution in [0.3, 0.4) is 0 Å². The van der Waals surface area contributed by atoms with E-state index in [0.717, 1.165) is 18.8 Å². The minimum absolute atomic E-state index is 1.13. The van der Waals surface area contributed by atoms with Crippen LogP contribution in [0.25, 0.3) is 34.0 Å². The molecule has 0 unspecified atom stereocenters. The van der Waals surface area contributed by atoms with Crippen LogP contribution < -0.4 is 9.47 Å². The molecule has 0 spiro atoms. The molecule has 0 atom stereocenters. The number of aromatic nitrogens is 2. The van der Waals surface area contributed by atoms with E-state index in [1.807, 2.05) is 0 Å². The van der Waals surface area contributed by atoms with Crippen LogP contribution in [-0.4, -0.2) is 18.1 Å². The second-order valence-electron chi connectivity index (χ2n) is 7.72. The summed E-state index contributed by atoms with van der Waals surface area (Å²) in [6.07, 6.45) is 8.34. The number of nitrogens with zero attached hydrogens (tertiary/aromatic N) is 2. The van der Waals surface area contributed by atoms with Crippen molar-refractivity contribution in [3.05, 3.63) is 72.1 Å². The van der Waals surface area contributed by atoms with Crippen LogP contribution in [0.1, 0.15) is 30.7 Å². The van der Waals surface area contributed by atoms with Gasteiger partial charge in [-0.3, -0.25) is 0 Å². The highest BCUT2D eigenvalue weighted by Gasteiger charge is 2.20. The fourth-order valence-corrected chi connectivity index (χ4v) is 4.35. The lowest BCUT2D eigenvalue weighted by Crippen LogP contribution is -2.35. The third-order valence-electron chi connectivity index (χ3n) is 5.89. The predicted octanol–water partition coefficient (Wildman–Crippen LogP) is 5.31. The molecule has 1 aliphatic heterocycles. The summed E-state index contributed by atoms with van der Waals surface area (Å²) in [5.41, 5.74) is 6.18. The first-order valence-corrected chi connectivity index (χ1v) is 10.2. The molecule has 1 aliphatic rings. The molecule has 28 heavy (non-hydrogen) atoms. The van der Waals surface area contributed by atoms with Gasteiger partial charge in [-0.25, -0.2) is 0 Å². The van der Waals surface area contributed by atoms with E-state index < -0.39 is 0 Å². The van der Waals surface area contributed by atoms with Crippen LogP contribution in [0.5, 0.6) is 0 Å². The van der Waals surface area contributed by atoms with Crippen molar-refractivity contribution >= 4 is 39.6 Å². The number of para-hydroxylation sites is 2. The van der Waals surface area contributed by atoms with Crippen LogP contribution >= 0.6 is 0 Å². The number of aryl methyl sites for hydroxylation is 1. The van der Waals surface area contributed by atoms with Crippen LogP contribution in [0, 0.1) is 0 Å². The number of hydrogen-bond acceptors (Lipinski definition) is 1. The topological polar surface area (TPSA) is 22.9 Å². The molecule has 140 valence electrons. The molecule has 1 fully saturated rings. The standard InChI is InChI=1S/C25H25N3/c1-27-21(14-13-20-17-19-9-3-5-11-23(19)26-20)18-25(28-15-7-2-8-16-28)22-10-4-6-12-24(22)27/h3-6,9-14,17-18H,2,7-8,15-16H2,1H3/p+1. The number of benzene rings is 2. The summed E-state index contributed by atoms with van der Waals surface area (Å²) in [4.78, 5) is 6.06. The molecular weight excluding hydrogens is 342 g/mol. The molecule has 3 heterocycles. The molecular formula is C25H26N3+. The SMILES string of the molecule is C[n+]1c(/C=C/c2cc3ccccc3[nH]2)cc(N2CCCCC2)c2ccccc21. The second kappa shape index (κ2) is 7.16. The van der Waals surface area contributed by atoms with Crippen molar-refractivity contribution in [2.75, 3.05) is 18.0 Å². The number of pyridine rings is 1. The molecule has 2 aromatic carbocycles. The molecule has 0 aliphatic carbocycles. The van der Waals surface area contributed by atoms with Gasteiger partial charge in [0.2, 0.25) is 11.2 Å². The molecule has 3 heteroatoms. The lowest BCUT2D eigenvalue weighted by molar-refractivity contribution is -0.646. The fraction of sp³-hybridized carbons (Fsp3) is 0.240. The summed E-state index contributed by atoms with van der Waals surface area (Å²) in [6.45, 7) is 2.31. The van der Waals surface area contributed by atoms with Crippen molar-refractivity contribution in [3.8, 4) is 0 Å².